The molecule has 0 saturated carbocycles. The number of nitrogens with zero attached hydrogens (tertiary/aromatic N) is 4. The summed E-state index contributed by atoms with van der Waals surface area (Å²) in [6.45, 7) is 33.8. The van der Waals surface area contributed by atoms with Crippen molar-refractivity contribution in [3.8, 4) is 62.1 Å². The van der Waals surface area contributed by atoms with Crippen molar-refractivity contribution < 1.29 is 23.0 Å². The molecule has 17 rings (SSSR count). The van der Waals surface area contributed by atoms with Crippen LogP contribution in [0.3, 0.4) is 0 Å². The minimum absolute atomic E-state index is 0.120. The zero-order chi connectivity index (χ0) is 84.3. The van der Waals surface area contributed by atoms with Gasteiger partial charge < -0.3 is 4.74 Å². The highest BCUT2D eigenvalue weighted by molar-refractivity contribution is 6.10. The van der Waals surface area contributed by atoms with Gasteiger partial charge >= 0.3 is 0 Å². The maximum absolute atomic E-state index is 9.66. The molecule has 0 amide bonds. The Morgan fingerprint density at radius 2 is 0.771 bits per heavy atom. The molecule has 0 aliphatic carbocycles. The highest BCUT2D eigenvalue weighted by atomic mass is 16.5. The maximum Gasteiger partial charge on any atom is 0.269 e. The van der Waals surface area contributed by atoms with Crippen molar-refractivity contribution in [3.63, 3.8) is 0 Å². The van der Waals surface area contributed by atoms with E-state index in [1.165, 1.54) is 11.1 Å². The van der Waals surface area contributed by atoms with E-state index < -0.39 is 60.4 Å². The van der Waals surface area contributed by atoms with Crippen LogP contribution < -0.4 is 9.30 Å². The van der Waals surface area contributed by atoms with E-state index in [0.717, 1.165) is 120 Å². The van der Waals surface area contributed by atoms with Gasteiger partial charge in [-0.15, -0.1) is 0 Å². The molecule has 0 fully saturated rings. The van der Waals surface area contributed by atoms with Gasteiger partial charge in [0.05, 0.1) is 47.1 Å². The summed E-state index contributed by atoms with van der Waals surface area (Å²) in [6, 6.07) is 75.9. The summed E-state index contributed by atoms with van der Waals surface area (Å²) < 4.78 is 106. The van der Waals surface area contributed by atoms with Crippen LogP contribution in [0.5, 0.6) is 11.5 Å². The third-order valence-electron chi connectivity index (χ3n) is 21.6. The third-order valence-corrected chi connectivity index (χ3v) is 21.6. The predicted octanol–water partition coefficient (Wildman–Crippen LogP) is 28.1. The number of hydrogen-bond donors (Lipinski definition) is 0. The second-order valence-electron chi connectivity index (χ2n) is 34.5. The van der Waals surface area contributed by atoms with Crippen molar-refractivity contribution in [2.75, 3.05) is 0 Å². The summed E-state index contributed by atoms with van der Waals surface area (Å²) in [6.07, 6.45) is 5.58. The molecule has 0 aliphatic rings. The molecule has 5 nitrogen and oxygen atoms in total. The Bertz CT molecular complexity index is 6970. The van der Waals surface area contributed by atoms with E-state index in [-0.39, 0.29) is 55.0 Å². The molecule has 0 saturated heterocycles. The van der Waals surface area contributed by atoms with Crippen LogP contribution in [0.4, 0.5) is 0 Å². The van der Waals surface area contributed by atoms with E-state index in [1.54, 1.807) is 22.8 Å². The molecule has 5 heteroatoms. The molecule has 109 heavy (non-hydrogen) atoms. The Morgan fingerprint density at radius 1 is 0.330 bits per heavy atom. The molecular weight excluding hydrogens is 1320 g/mol. The van der Waals surface area contributed by atoms with Crippen LogP contribution in [0.2, 0.25) is 0 Å². The highest BCUT2D eigenvalue weighted by Gasteiger charge is 2.25. The van der Waals surface area contributed by atoms with Crippen molar-refractivity contribution in [1.29, 1.82) is 0 Å². The van der Waals surface area contributed by atoms with E-state index in [0.29, 0.717) is 28.2 Å². The van der Waals surface area contributed by atoms with Gasteiger partial charge in [-0.1, -0.05) is 286 Å². The summed E-state index contributed by atoms with van der Waals surface area (Å²) in [5, 5.41) is 14.9. The molecular formula is C104H94N4O. The second kappa shape index (κ2) is 26.5. The van der Waals surface area contributed by atoms with Crippen LogP contribution in [-0.2, 0) is 27.1 Å². The summed E-state index contributed by atoms with van der Waals surface area (Å²) in [7, 11) is 0. The number of aromatic nitrogens is 4. The fourth-order valence-corrected chi connectivity index (χ4v) is 15.3. The number of para-hydroxylation sites is 2. The molecule has 0 spiro atoms. The monoisotopic (exact) mass is 1420 g/mol. The highest BCUT2D eigenvalue weighted by Crippen LogP contribution is 2.43. The van der Waals surface area contributed by atoms with E-state index >= 15 is 0 Å². The van der Waals surface area contributed by atoms with Gasteiger partial charge in [-0.05, 0) is 256 Å². The molecule has 0 unspecified atom stereocenters. The number of rotatable bonds is 8. The van der Waals surface area contributed by atoms with Crippen LogP contribution in [0.25, 0.3) is 148 Å². The molecule has 17 aromatic rings. The SMILES string of the molecule is [2H]c1c([2H])c([2H])c(-c2cccc(-c3c([2H])c([2H])c([2H])c([2H])c3[2H])c2-[n+]2[c-]n(-c3cccc(Oc4ccc5c6ccccc6n(-c6cc(C(C)(C)C)ccn6)c5c4)c3)c3ccc(-c4cc5cc(c4)c4cc(C(C)(C)C)cc(c4)c4cc(C(C)(C)C)cc(c4)c4cccc(c4)c4cc(C(C)(C)C)cc(c4)c4cc(C(C)(C)C)cc5c4)cc32)c([2H])c1[2H]. The predicted molar refractivity (Wildman–Crippen MR) is 464 cm³/mol. The van der Waals surface area contributed by atoms with E-state index in [1.807, 2.05) is 65.4 Å². The van der Waals surface area contributed by atoms with E-state index in [9.17, 15) is 5.48 Å². The third kappa shape index (κ3) is 13.5. The Hall–Kier alpha value is -11.9. The normalized spacial score (nSPS) is 13.8. The summed E-state index contributed by atoms with van der Waals surface area (Å²) in [5.74, 6) is 1.83. The fourth-order valence-electron chi connectivity index (χ4n) is 15.3. The number of hydrogen-bond acceptors (Lipinski definition) is 2. The van der Waals surface area contributed by atoms with Crippen molar-refractivity contribution in [2.45, 2.75) is 131 Å². The Balaban J connectivity index is 0.981. The zero-order valence-electron chi connectivity index (χ0n) is 74.7. The molecule has 3 aromatic heterocycles. The molecule has 14 aromatic carbocycles. The second-order valence-corrected chi connectivity index (χ2v) is 34.5. The van der Waals surface area contributed by atoms with Gasteiger partial charge in [0.25, 0.3) is 6.33 Å². The molecule has 0 aliphatic heterocycles. The molecule has 3 heterocycles. The first-order valence-corrected chi connectivity index (χ1v) is 37.7. The Morgan fingerprint density at radius 3 is 1.28 bits per heavy atom. The van der Waals surface area contributed by atoms with Crippen LogP contribution >= 0.6 is 0 Å². The van der Waals surface area contributed by atoms with Crippen LogP contribution in [0.1, 0.15) is 145 Å². The number of imidazole rings is 1. The fraction of sp³-hybridized carbons (Fsp3) is 0.192. The quantitative estimate of drug-likeness (QED) is 0.112. The average molecular weight is 1430 g/mol. The van der Waals surface area contributed by atoms with Gasteiger partial charge in [0.1, 0.15) is 17.3 Å². The lowest BCUT2D eigenvalue weighted by atomic mass is 9.83. The Kier molecular flexibility index (Phi) is 14.4. The minimum atomic E-state index is -0.590. The van der Waals surface area contributed by atoms with Gasteiger partial charge in [0, 0.05) is 23.0 Å². The number of fused-ring (bicyclic) bond motifs is 22. The summed E-state index contributed by atoms with van der Waals surface area (Å²) in [4.78, 5) is 4.94. The van der Waals surface area contributed by atoms with Gasteiger partial charge in [-0.25, -0.2) is 4.98 Å². The first-order valence-electron chi connectivity index (χ1n) is 42.7. The van der Waals surface area contributed by atoms with Crippen LogP contribution in [0, 0.1) is 6.33 Å². The van der Waals surface area contributed by atoms with E-state index in [4.69, 9.17) is 17.9 Å². The topological polar surface area (TPSA) is 35.9 Å². The molecule has 12 bridgehead atoms. The van der Waals surface area contributed by atoms with Crippen LogP contribution in [0.15, 0.2) is 297 Å². The van der Waals surface area contributed by atoms with Crippen LogP contribution in [-0.4, -0.2) is 14.1 Å². The lowest BCUT2D eigenvalue weighted by Crippen LogP contribution is -2.31. The van der Waals surface area contributed by atoms with Crippen molar-refractivity contribution in [2.24, 2.45) is 0 Å². The molecule has 0 N–H and O–H groups in total. The van der Waals surface area contributed by atoms with Crippen molar-refractivity contribution in [1.82, 2.24) is 14.1 Å². The first-order chi connectivity index (χ1) is 56.2. The maximum atomic E-state index is 9.66. The standard InChI is InChI=1S/C104H94N4O/c1-100(2,3)82-43-44-105-98(62-82)108-94-38-23-22-35-92(94)93-41-40-89(64-96(93)108)109-88-34-25-33-87(63-88)106-65-107(99-90(66-27-18-16-19-28-66)36-26-37-91(99)67-29-20-17-21-30-67)97-61-70(39-42-95(97)106)71-46-72-48-73(47-71)77-52-81(60-86(56-77)104(13,14)15)79-50-75(54-84(58-79)102(7,8)9)69-32-24-31-68(45-69)74-49-78(57-83(53-74)101(4,5)6)80-51-76(72)55-85(59-80)103(10,11)12/h16-64H,1-15H3/i16D,17D,18D,19D,20D,21D,27D,28D,29D,30D. The van der Waals surface area contributed by atoms with Crippen molar-refractivity contribution >= 4 is 97.5 Å². The number of benzene rings is 13. The van der Waals surface area contributed by atoms with Crippen molar-refractivity contribution in [3.05, 3.63) is 331 Å². The number of pyridine rings is 1. The lowest BCUT2D eigenvalue weighted by molar-refractivity contribution is -0.571. The van der Waals surface area contributed by atoms with E-state index in [2.05, 4.69) is 272 Å². The largest absolute Gasteiger partial charge is 0.458 e. The average Bonchev–Trinajstić information content (AvgIpc) is 1.66. The zero-order valence-corrected chi connectivity index (χ0v) is 64.7. The summed E-state index contributed by atoms with van der Waals surface area (Å²) >= 11 is 0. The smallest absolute Gasteiger partial charge is 0.269 e. The summed E-state index contributed by atoms with van der Waals surface area (Å²) in [5.41, 5.74) is 9.99. The van der Waals surface area contributed by atoms with Gasteiger partial charge in [-0.3, -0.25) is 13.7 Å². The Labute approximate surface area is 655 Å². The number of ether oxygens (including phenoxy) is 1. The lowest BCUT2D eigenvalue weighted by Gasteiger charge is -2.22. The minimum Gasteiger partial charge on any atom is -0.458 e. The molecule has 0 radical (unpaired) electrons. The molecule has 536 valence electrons. The molecule has 0 atom stereocenters. The first kappa shape index (κ1) is 59.2. The van der Waals surface area contributed by atoms with Gasteiger partial charge in [0.2, 0.25) is 0 Å². The van der Waals surface area contributed by atoms with Gasteiger partial charge in [-0.2, -0.15) is 0 Å². The van der Waals surface area contributed by atoms with Gasteiger partial charge in [0.15, 0.2) is 0 Å².